The summed E-state index contributed by atoms with van der Waals surface area (Å²) in [5.41, 5.74) is 3.31. The van der Waals surface area contributed by atoms with Gasteiger partial charge in [0.1, 0.15) is 10.0 Å². The Morgan fingerprint density at radius 3 is 2.80 bits per heavy atom. The fraction of sp³-hybridized carbons (Fsp3) is 0.0556. The highest BCUT2D eigenvalue weighted by Crippen LogP contribution is 2.34. The Kier molecular flexibility index (Phi) is 4.21. The van der Waals surface area contributed by atoms with Gasteiger partial charge in [-0.05, 0) is 17.7 Å². The first kappa shape index (κ1) is 15.8. The maximum absolute atomic E-state index is 12.4. The molecule has 0 radical (unpaired) electrons. The van der Waals surface area contributed by atoms with Gasteiger partial charge in [-0.2, -0.15) is 5.10 Å². The van der Waals surface area contributed by atoms with Crippen molar-refractivity contribution in [2.24, 2.45) is 0 Å². The molecule has 0 fully saturated rings. The highest BCUT2D eigenvalue weighted by Gasteiger charge is 2.19. The maximum Gasteiger partial charge on any atom is 0.280 e. The van der Waals surface area contributed by atoms with Crippen molar-refractivity contribution in [2.75, 3.05) is 0 Å². The summed E-state index contributed by atoms with van der Waals surface area (Å²) in [5, 5.41) is 7.50. The molecule has 0 atom stereocenters. The fourth-order valence-corrected chi connectivity index (χ4v) is 3.62. The molecule has 4 rings (SSSR count). The van der Waals surface area contributed by atoms with Crippen LogP contribution in [0.25, 0.3) is 16.8 Å². The van der Waals surface area contributed by atoms with Crippen LogP contribution in [-0.2, 0) is 6.54 Å². The lowest BCUT2D eigenvalue weighted by Gasteiger charge is -2.02. The fourth-order valence-electron chi connectivity index (χ4n) is 2.54. The standard InChI is InChI=1S/C18H13ClN4OS/c19-16-15(13-11-21-23-9-5-4-8-14(13)23)22-18(25-16)17(24)20-10-12-6-2-1-3-7-12/h1-9,11H,10H2,(H,20,24). The van der Waals surface area contributed by atoms with Gasteiger partial charge in [0.2, 0.25) is 0 Å². The van der Waals surface area contributed by atoms with E-state index in [9.17, 15) is 4.79 Å². The lowest BCUT2D eigenvalue weighted by atomic mass is 10.2. The molecule has 124 valence electrons. The number of nitrogens with one attached hydrogen (secondary N) is 1. The van der Waals surface area contributed by atoms with Crippen molar-refractivity contribution < 1.29 is 4.79 Å². The molecule has 0 saturated heterocycles. The van der Waals surface area contributed by atoms with Crippen LogP contribution in [0.15, 0.2) is 60.9 Å². The number of amides is 1. The molecule has 4 aromatic rings. The minimum atomic E-state index is -0.238. The lowest BCUT2D eigenvalue weighted by molar-refractivity contribution is 0.0950. The van der Waals surface area contributed by atoms with E-state index < -0.39 is 0 Å². The third-order valence-electron chi connectivity index (χ3n) is 3.76. The molecule has 5 nitrogen and oxygen atoms in total. The first-order chi connectivity index (χ1) is 12.2. The highest BCUT2D eigenvalue weighted by atomic mass is 35.5. The van der Waals surface area contributed by atoms with E-state index >= 15 is 0 Å². The predicted octanol–water partition coefficient (Wildman–Crippen LogP) is 4.04. The Bertz CT molecular complexity index is 1040. The second kappa shape index (κ2) is 6.66. The van der Waals surface area contributed by atoms with Gasteiger partial charge in [0.15, 0.2) is 5.01 Å². The first-order valence-electron chi connectivity index (χ1n) is 7.63. The van der Waals surface area contributed by atoms with Crippen LogP contribution in [-0.4, -0.2) is 20.5 Å². The quantitative estimate of drug-likeness (QED) is 0.591. The molecule has 3 aromatic heterocycles. The summed E-state index contributed by atoms with van der Waals surface area (Å²) in [4.78, 5) is 16.8. The minimum absolute atomic E-state index is 0.238. The number of rotatable bonds is 4. The number of benzene rings is 1. The molecule has 0 aliphatic heterocycles. The average Bonchev–Trinajstić information content (AvgIpc) is 3.24. The van der Waals surface area contributed by atoms with Crippen molar-refractivity contribution in [3.8, 4) is 11.3 Å². The largest absolute Gasteiger partial charge is 0.346 e. The summed E-state index contributed by atoms with van der Waals surface area (Å²) in [7, 11) is 0. The molecule has 0 aliphatic carbocycles. The molecular weight excluding hydrogens is 356 g/mol. The highest BCUT2D eigenvalue weighted by molar-refractivity contribution is 7.18. The van der Waals surface area contributed by atoms with Crippen LogP contribution in [0.5, 0.6) is 0 Å². The molecule has 3 heterocycles. The number of fused-ring (bicyclic) bond motifs is 1. The Morgan fingerprint density at radius 2 is 1.96 bits per heavy atom. The summed E-state index contributed by atoms with van der Waals surface area (Å²) in [6.07, 6.45) is 3.56. The molecule has 0 spiro atoms. The van der Waals surface area contributed by atoms with E-state index in [2.05, 4.69) is 15.4 Å². The van der Waals surface area contributed by atoms with E-state index in [1.807, 2.05) is 54.7 Å². The Hall–Kier alpha value is -2.70. The van der Waals surface area contributed by atoms with Gasteiger partial charge in [-0.25, -0.2) is 9.50 Å². The molecule has 0 aliphatic rings. The lowest BCUT2D eigenvalue weighted by Crippen LogP contribution is -2.22. The van der Waals surface area contributed by atoms with Gasteiger partial charge < -0.3 is 5.32 Å². The van der Waals surface area contributed by atoms with Crippen molar-refractivity contribution in [1.29, 1.82) is 0 Å². The minimum Gasteiger partial charge on any atom is -0.346 e. The molecular formula is C18H13ClN4OS. The van der Waals surface area contributed by atoms with Crippen LogP contribution in [0.2, 0.25) is 4.34 Å². The number of carbonyl (C=O) groups excluding carboxylic acids is 1. The van der Waals surface area contributed by atoms with Crippen molar-refractivity contribution in [1.82, 2.24) is 19.9 Å². The number of hydrogen-bond acceptors (Lipinski definition) is 4. The number of pyridine rings is 1. The summed E-state index contributed by atoms with van der Waals surface area (Å²) < 4.78 is 2.23. The van der Waals surface area contributed by atoms with Gasteiger partial charge in [-0.1, -0.05) is 59.3 Å². The molecule has 1 aromatic carbocycles. The van der Waals surface area contributed by atoms with Crippen LogP contribution in [0.1, 0.15) is 15.4 Å². The molecule has 0 bridgehead atoms. The smallest absolute Gasteiger partial charge is 0.280 e. The Morgan fingerprint density at radius 1 is 1.16 bits per heavy atom. The van der Waals surface area contributed by atoms with E-state index in [0.717, 1.165) is 16.6 Å². The molecule has 0 unspecified atom stereocenters. The van der Waals surface area contributed by atoms with Crippen molar-refractivity contribution in [3.05, 3.63) is 75.8 Å². The molecule has 1 amide bonds. The Balaban J connectivity index is 1.59. The number of nitrogens with zero attached hydrogens (tertiary/aromatic N) is 3. The monoisotopic (exact) mass is 368 g/mol. The summed E-state index contributed by atoms with van der Waals surface area (Å²) in [6, 6.07) is 15.5. The second-order valence-corrected chi connectivity index (χ2v) is 7.00. The van der Waals surface area contributed by atoms with E-state index in [1.54, 1.807) is 10.7 Å². The third-order valence-corrected chi connectivity index (χ3v) is 5.01. The molecule has 0 saturated carbocycles. The van der Waals surface area contributed by atoms with E-state index in [4.69, 9.17) is 11.6 Å². The summed E-state index contributed by atoms with van der Waals surface area (Å²) >= 11 is 7.51. The van der Waals surface area contributed by atoms with E-state index in [0.29, 0.717) is 21.6 Å². The zero-order valence-corrected chi connectivity index (χ0v) is 14.6. The zero-order valence-electron chi connectivity index (χ0n) is 13.0. The number of halogens is 1. The van der Waals surface area contributed by atoms with Gasteiger partial charge in [0.25, 0.3) is 5.91 Å². The topological polar surface area (TPSA) is 59.3 Å². The molecule has 25 heavy (non-hydrogen) atoms. The van der Waals surface area contributed by atoms with Gasteiger partial charge in [-0.15, -0.1) is 0 Å². The van der Waals surface area contributed by atoms with Crippen LogP contribution in [0.4, 0.5) is 0 Å². The van der Waals surface area contributed by atoms with Gasteiger partial charge in [-0.3, -0.25) is 4.79 Å². The summed E-state index contributed by atoms with van der Waals surface area (Å²) in [5.74, 6) is -0.238. The SMILES string of the molecule is O=C(NCc1ccccc1)c1nc(-c2cnn3ccccc23)c(Cl)s1. The Labute approximate surface area is 152 Å². The summed E-state index contributed by atoms with van der Waals surface area (Å²) in [6.45, 7) is 0.447. The van der Waals surface area contributed by atoms with Crippen LogP contribution < -0.4 is 5.32 Å². The van der Waals surface area contributed by atoms with E-state index in [-0.39, 0.29) is 5.91 Å². The van der Waals surface area contributed by atoms with Crippen molar-refractivity contribution in [2.45, 2.75) is 6.54 Å². The normalized spacial score (nSPS) is 10.9. The van der Waals surface area contributed by atoms with Crippen LogP contribution >= 0.6 is 22.9 Å². The number of carbonyl (C=O) groups is 1. The second-order valence-electron chi connectivity index (χ2n) is 5.40. The van der Waals surface area contributed by atoms with E-state index in [1.165, 1.54) is 11.3 Å². The predicted molar refractivity (Wildman–Crippen MR) is 98.9 cm³/mol. The molecule has 1 N–H and O–H groups in total. The van der Waals surface area contributed by atoms with Gasteiger partial charge >= 0.3 is 0 Å². The maximum atomic E-state index is 12.4. The number of aromatic nitrogens is 3. The van der Waals surface area contributed by atoms with Crippen LogP contribution in [0, 0.1) is 0 Å². The number of thiazole rings is 1. The van der Waals surface area contributed by atoms with Crippen molar-refractivity contribution in [3.63, 3.8) is 0 Å². The number of hydrogen-bond donors (Lipinski definition) is 1. The van der Waals surface area contributed by atoms with Gasteiger partial charge in [0.05, 0.1) is 11.7 Å². The first-order valence-corrected chi connectivity index (χ1v) is 8.83. The molecule has 7 heteroatoms. The zero-order chi connectivity index (χ0) is 17.2. The average molecular weight is 369 g/mol. The van der Waals surface area contributed by atoms with Crippen molar-refractivity contribution >= 4 is 34.4 Å². The third kappa shape index (κ3) is 3.14. The van der Waals surface area contributed by atoms with Gasteiger partial charge in [0, 0.05) is 18.3 Å². The van der Waals surface area contributed by atoms with Crippen LogP contribution in [0.3, 0.4) is 0 Å².